The van der Waals surface area contributed by atoms with Crippen molar-refractivity contribution in [2.24, 2.45) is 0 Å². The Bertz CT molecular complexity index is 1420. The lowest BCUT2D eigenvalue weighted by Gasteiger charge is -2.07. The summed E-state index contributed by atoms with van der Waals surface area (Å²) < 4.78 is 1.96. The predicted molar refractivity (Wildman–Crippen MR) is 125 cm³/mol. The van der Waals surface area contributed by atoms with Crippen LogP contribution < -0.4 is 0 Å². The van der Waals surface area contributed by atoms with Crippen LogP contribution in [0.5, 0.6) is 0 Å². The molecule has 5 rings (SSSR count). The Morgan fingerprint density at radius 2 is 1.26 bits per heavy atom. The largest absolute Gasteiger partial charge is 0.312 e. The van der Waals surface area contributed by atoms with Crippen molar-refractivity contribution < 1.29 is 4.79 Å². The molecule has 0 spiro atoms. The first-order valence-corrected chi connectivity index (χ1v) is 10.2. The molecule has 0 aliphatic rings. The van der Waals surface area contributed by atoms with Crippen LogP contribution in [-0.2, 0) is 0 Å². The van der Waals surface area contributed by atoms with Crippen LogP contribution in [0.4, 0.5) is 0 Å². The lowest BCUT2D eigenvalue weighted by atomic mass is 9.96. The second kappa shape index (κ2) is 8.18. The van der Waals surface area contributed by atoms with Crippen molar-refractivity contribution in [3.05, 3.63) is 138 Å². The summed E-state index contributed by atoms with van der Waals surface area (Å²) in [5.74, 6) is 6.64. The Hall–Kier alpha value is -4.35. The summed E-state index contributed by atoms with van der Waals surface area (Å²) in [6.45, 7) is 0. The smallest absolute Gasteiger partial charge is 0.210 e. The molecule has 0 aliphatic heterocycles. The van der Waals surface area contributed by atoms with Crippen molar-refractivity contribution in [3.8, 4) is 23.0 Å². The third-order valence-electron chi connectivity index (χ3n) is 5.26. The number of nitrogens with zero attached hydrogens (tertiary/aromatic N) is 1. The van der Waals surface area contributed by atoms with E-state index in [1.807, 2.05) is 120 Å². The SMILES string of the molecule is O=C(c1ccccc1)c1c(-c2ccccc2)c(C#Cc2ccccc2)c2ccccn12. The van der Waals surface area contributed by atoms with Crippen molar-refractivity contribution in [2.45, 2.75) is 0 Å². The first kappa shape index (κ1) is 18.7. The van der Waals surface area contributed by atoms with Crippen LogP contribution in [0.1, 0.15) is 27.2 Å². The molecule has 0 fully saturated rings. The van der Waals surface area contributed by atoms with E-state index in [4.69, 9.17) is 0 Å². The van der Waals surface area contributed by atoms with Crippen molar-refractivity contribution >= 4 is 11.3 Å². The summed E-state index contributed by atoms with van der Waals surface area (Å²) in [5, 5.41) is 0. The summed E-state index contributed by atoms with van der Waals surface area (Å²) in [6, 6.07) is 35.3. The Morgan fingerprint density at radius 3 is 1.97 bits per heavy atom. The molecule has 0 aliphatic carbocycles. The van der Waals surface area contributed by atoms with E-state index in [9.17, 15) is 4.79 Å². The molecular formula is C29H19NO. The molecule has 0 bridgehead atoms. The summed E-state index contributed by atoms with van der Waals surface area (Å²) in [4.78, 5) is 13.7. The molecule has 146 valence electrons. The van der Waals surface area contributed by atoms with Gasteiger partial charge in [-0.1, -0.05) is 96.8 Å². The van der Waals surface area contributed by atoms with E-state index in [2.05, 4.69) is 11.8 Å². The number of rotatable bonds is 3. The normalized spacial score (nSPS) is 10.5. The minimum Gasteiger partial charge on any atom is -0.312 e. The average molecular weight is 397 g/mol. The number of hydrogen-bond acceptors (Lipinski definition) is 1. The second-order valence-electron chi connectivity index (χ2n) is 7.23. The van der Waals surface area contributed by atoms with Crippen LogP contribution in [0, 0.1) is 11.8 Å². The third-order valence-corrected chi connectivity index (χ3v) is 5.26. The highest BCUT2D eigenvalue weighted by Crippen LogP contribution is 2.34. The molecule has 0 unspecified atom stereocenters. The van der Waals surface area contributed by atoms with E-state index in [1.54, 1.807) is 0 Å². The molecule has 0 radical (unpaired) electrons. The molecular weight excluding hydrogens is 378 g/mol. The number of aromatic nitrogens is 1. The molecule has 0 atom stereocenters. The Morgan fingerprint density at radius 1 is 0.645 bits per heavy atom. The third kappa shape index (κ3) is 3.54. The van der Waals surface area contributed by atoms with Gasteiger partial charge in [-0.15, -0.1) is 0 Å². The summed E-state index contributed by atoms with van der Waals surface area (Å²) in [7, 11) is 0. The Balaban J connectivity index is 1.83. The van der Waals surface area contributed by atoms with Crippen LogP contribution >= 0.6 is 0 Å². The van der Waals surface area contributed by atoms with Gasteiger partial charge in [0.1, 0.15) is 5.69 Å². The fourth-order valence-electron chi connectivity index (χ4n) is 3.83. The zero-order valence-corrected chi connectivity index (χ0v) is 16.8. The topological polar surface area (TPSA) is 21.5 Å². The van der Waals surface area contributed by atoms with E-state index in [1.165, 1.54) is 0 Å². The van der Waals surface area contributed by atoms with Crippen molar-refractivity contribution in [1.29, 1.82) is 0 Å². The standard InChI is InChI=1S/C29H19NO/c31-29(24-16-8-3-9-17-24)28-27(23-14-6-2-7-15-23)25(26-18-10-11-21-30(26)28)20-19-22-12-4-1-5-13-22/h1-18,21H. The molecule has 2 heterocycles. The Labute approximate surface area is 181 Å². The Kier molecular flexibility index (Phi) is 4.92. The van der Waals surface area contributed by atoms with Gasteiger partial charge in [0.2, 0.25) is 5.78 Å². The van der Waals surface area contributed by atoms with Gasteiger partial charge in [0.25, 0.3) is 0 Å². The van der Waals surface area contributed by atoms with Crippen LogP contribution in [-0.4, -0.2) is 10.2 Å². The first-order chi connectivity index (χ1) is 15.3. The van der Waals surface area contributed by atoms with Gasteiger partial charge in [0.15, 0.2) is 0 Å². The van der Waals surface area contributed by atoms with E-state index < -0.39 is 0 Å². The maximum atomic E-state index is 13.7. The lowest BCUT2D eigenvalue weighted by molar-refractivity contribution is 0.103. The number of benzene rings is 3. The molecule has 0 amide bonds. The van der Waals surface area contributed by atoms with Gasteiger partial charge < -0.3 is 4.40 Å². The van der Waals surface area contributed by atoms with Crippen molar-refractivity contribution in [1.82, 2.24) is 4.40 Å². The molecule has 0 N–H and O–H groups in total. The van der Waals surface area contributed by atoms with Crippen LogP contribution in [0.15, 0.2) is 115 Å². The minimum atomic E-state index is -0.0200. The highest BCUT2D eigenvalue weighted by atomic mass is 16.1. The summed E-state index contributed by atoms with van der Waals surface area (Å²) >= 11 is 0. The van der Waals surface area contributed by atoms with Crippen molar-refractivity contribution in [3.63, 3.8) is 0 Å². The molecule has 5 aromatic rings. The van der Waals surface area contributed by atoms with Gasteiger partial charge in [0.05, 0.1) is 11.1 Å². The van der Waals surface area contributed by atoms with Crippen molar-refractivity contribution in [2.75, 3.05) is 0 Å². The summed E-state index contributed by atoms with van der Waals surface area (Å²) in [6.07, 6.45) is 1.94. The predicted octanol–water partition coefficient (Wildman–Crippen LogP) is 6.24. The molecule has 2 nitrogen and oxygen atoms in total. The van der Waals surface area contributed by atoms with Gasteiger partial charge in [-0.25, -0.2) is 0 Å². The lowest BCUT2D eigenvalue weighted by Crippen LogP contribution is -2.06. The maximum Gasteiger partial charge on any atom is 0.210 e. The number of hydrogen-bond donors (Lipinski definition) is 0. The van der Waals surface area contributed by atoms with Crippen LogP contribution in [0.2, 0.25) is 0 Å². The molecule has 0 saturated carbocycles. The van der Waals surface area contributed by atoms with Gasteiger partial charge in [-0.3, -0.25) is 4.79 Å². The van der Waals surface area contributed by atoms with Gasteiger partial charge in [-0.2, -0.15) is 0 Å². The first-order valence-electron chi connectivity index (χ1n) is 10.2. The number of pyridine rings is 1. The van der Waals surface area contributed by atoms with E-state index >= 15 is 0 Å². The average Bonchev–Trinajstić information content (AvgIpc) is 3.18. The molecule has 2 heteroatoms. The van der Waals surface area contributed by atoms with Gasteiger partial charge in [0, 0.05) is 22.9 Å². The van der Waals surface area contributed by atoms with Crippen LogP contribution in [0.25, 0.3) is 16.6 Å². The molecule has 31 heavy (non-hydrogen) atoms. The fourth-order valence-corrected chi connectivity index (χ4v) is 3.83. The summed E-state index contributed by atoms with van der Waals surface area (Å²) in [5.41, 5.74) is 5.84. The number of carbonyl (C=O) groups excluding carboxylic acids is 1. The molecule has 2 aromatic heterocycles. The number of fused-ring (bicyclic) bond motifs is 1. The maximum absolute atomic E-state index is 13.7. The fraction of sp³-hybridized carbons (Fsp3) is 0. The minimum absolute atomic E-state index is 0.0200. The molecule has 3 aromatic carbocycles. The van der Waals surface area contributed by atoms with E-state index in [0.29, 0.717) is 11.3 Å². The van der Waals surface area contributed by atoms with Gasteiger partial charge >= 0.3 is 0 Å². The molecule has 0 saturated heterocycles. The van der Waals surface area contributed by atoms with E-state index in [0.717, 1.165) is 27.8 Å². The number of carbonyl (C=O) groups is 1. The monoisotopic (exact) mass is 397 g/mol. The van der Waals surface area contributed by atoms with Gasteiger partial charge in [-0.05, 0) is 29.8 Å². The highest BCUT2D eigenvalue weighted by molar-refractivity contribution is 6.14. The van der Waals surface area contributed by atoms with Crippen LogP contribution in [0.3, 0.4) is 0 Å². The second-order valence-corrected chi connectivity index (χ2v) is 7.23. The zero-order valence-electron chi connectivity index (χ0n) is 16.8. The zero-order chi connectivity index (χ0) is 21.0. The number of ketones is 1. The highest BCUT2D eigenvalue weighted by Gasteiger charge is 2.24. The quantitative estimate of drug-likeness (QED) is 0.261. The van der Waals surface area contributed by atoms with E-state index in [-0.39, 0.29) is 5.78 Å².